The van der Waals surface area contributed by atoms with E-state index in [0.717, 1.165) is 4.90 Å². The van der Waals surface area contributed by atoms with Crippen LogP contribution >= 0.6 is 11.6 Å². The fourth-order valence-electron chi connectivity index (χ4n) is 2.19. The van der Waals surface area contributed by atoms with Crippen LogP contribution in [0.3, 0.4) is 0 Å². The molecule has 1 unspecified atom stereocenters. The van der Waals surface area contributed by atoms with E-state index in [1.54, 1.807) is 0 Å². The van der Waals surface area contributed by atoms with Crippen LogP contribution in [0.4, 0.5) is 0 Å². The summed E-state index contributed by atoms with van der Waals surface area (Å²) < 4.78 is 0. The smallest absolute Gasteiger partial charge is 0.247 e. The molecule has 0 fully saturated rings. The number of alkyl halides is 1. The SMILES string of the molecule is CCCC(=O)N(C)C(CCl)C(=O)N(C)[C@@H](CC(C)(C)O)C(N)=O. The van der Waals surface area contributed by atoms with Gasteiger partial charge in [-0.3, -0.25) is 14.4 Å². The van der Waals surface area contributed by atoms with Crippen LogP contribution in [0, 0.1) is 0 Å². The van der Waals surface area contributed by atoms with Crippen LogP contribution in [0.5, 0.6) is 0 Å². The van der Waals surface area contributed by atoms with Crippen molar-refractivity contribution in [3.63, 3.8) is 0 Å². The van der Waals surface area contributed by atoms with Gasteiger partial charge in [-0.2, -0.15) is 0 Å². The van der Waals surface area contributed by atoms with Gasteiger partial charge in [-0.15, -0.1) is 11.6 Å². The Labute approximate surface area is 142 Å². The largest absolute Gasteiger partial charge is 0.390 e. The van der Waals surface area contributed by atoms with Gasteiger partial charge in [0, 0.05) is 26.9 Å². The number of primary amides is 1. The van der Waals surface area contributed by atoms with Gasteiger partial charge in [0.2, 0.25) is 17.7 Å². The molecule has 2 atom stereocenters. The molecule has 0 aliphatic carbocycles. The zero-order chi connectivity index (χ0) is 18.4. The Kier molecular flexibility index (Phi) is 8.55. The van der Waals surface area contributed by atoms with E-state index in [9.17, 15) is 19.5 Å². The van der Waals surface area contributed by atoms with Crippen molar-refractivity contribution in [1.82, 2.24) is 9.80 Å². The molecule has 3 N–H and O–H groups in total. The Hall–Kier alpha value is -1.34. The summed E-state index contributed by atoms with van der Waals surface area (Å²) >= 11 is 5.86. The first kappa shape index (κ1) is 21.7. The topological polar surface area (TPSA) is 104 Å². The Bertz CT molecular complexity index is 437. The first-order valence-corrected chi connectivity index (χ1v) is 8.09. The van der Waals surface area contributed by atoms with E-state index in [1.807, 2.05) is 6.92 Å². The Morgan fingerprint density at radius 3 is 2.04 bits per heavy atom. The summed E-state index contributed by atoms with van der Waals surface area (Å²) in [6.07, 6.45) is 0.959. The molecular formula is C15H28ClN3O4. The predicted molar refractivity (Wildman–Crippen MR) is 88.9 cm³/mol. The Morgan fingerprint density at radius 1 is 1.17 bits per heavy atom. The van der Waals surface area contributed by atoms with Gasteiger partial charge in [0.1, 0.15) is 12.1 Å². The summed E-state index contributed by atoms with van der Waals surface area (Å²) in [4.78, 5) is 38.7. The number of hydrogen-bond donors (Lipinski definition) is 2. The van der Waals surface area contributed by atoms with E-state index in [-0.39, 0.29) is 18.2 Å². The zero-order valence-corrected chi connectivity index (χ0v) is 15.3. The minimum atomic E-state index is -1.17. The molecular weight excluding hydrogens is 322 g/mol. The second-order valence-corrected chi connectivity index (χ2v) is 6.62. The van der Waals surface area contributed by atoms with E-state index in [1.165, 1.54) is 32.8 Å². The van der Waals surface area contributed by atoms with Crippen LogP contribution in [0.1, 0.15) is 40.0 Å². The first-order valence-electron chi connectivity index (χ1n) is 7.56. The van der Waals surface area contributed by atoms with Crippen molar-refractivity contribution in [2.45, 2.75) is 57.7 Å². The van der Waals surface area contributed by atoms with Gasteiger partial charge >= 0.3 is 0 Å². The van der Waals surface area contributed by atoms with Crippen LogP contribution in [-0.4, -0.2) is 70.3 Å². The first-order chi connectivity index (χ1) is 10.5. The van der Waals surface area contributed by atoms with Gasteiger partial charge in [0.05, 0.1) is 11.5 Å². The molecule has 0 aromatic carbocycles. The molecule has 7 nitrogen and oxygen atoms in total. The third-order valence-electron chi connectivity index (χ3n) is 3.59. The van der Waals surface area contributed by atoms with E-state index in [0.29, 0.717) is 12.8 Å². The molecule has 8 heteroatoms. The molecule has 134 valence electrons. The predicted octanol–water partition coefficient (Wildman–Crippen LogP) is 0.326. The van der Waals surface area contributed by atoms with Crippen LogP contribution in [0.15, 0.2) is 0 Å². The molecule has 0 aromatic rings. The lowest BCUT2D eigenvalue weighted by atomic mass is 9.97. The average Bonchev–Trinajstić information content (AvgIpc) is 2.43. The molecule has 0 aromatic heterocycles. The molecule has 0 rings (SSSR count). The highest BCUT2D eigenvalue weighted by atomic mass is 35.5. The fourth-order valence-corrected chi connectivity index (χ4v) is 2.53. The Morgan fingerprint density at radius 2 is 1.70 bits per heavy atom. The summed E-state index contributed by atoms with van der Waals surface area (Å²) in [7, 11) is 2.92. The lowest BCUT2D eigenvalue weighted by molar-refractivity contribution is -0.147. The molecule has 0 aliphatic heterocycles. The normalized spacial score (nSPS) is 14.0. The molecule has 23 heavy (non-hydrogen) atoms. The van der Waals surface area contributed by atoms with Gasteiger partial charge in [-0.05, 0) is 20.3 Å². The number of carbonyl (C=O) groups is 3. The van der Waals surface area contributed by atoms with Crippen molar-refractivity contribution in [1.29, 1.82) is 0 Å². The minimum absolute atomic E-state index is 0.00774. The number of aliphatic hydroxyl groups is 1. The standard InChI is InChI=1S/C15H28ClN3O4/c1-6-7-12(20)18(4)11(9-16)14(22)19(5)10(13(17)21)8-15(2,3)23/h10-11,23H,6-9H2,1-5H3,(H2,17,21)/t10-,11?/m0/s1. The molecule has 0 aliphatic rings. The minimum Gasteiger partial charge on any atom is -0.390 e. The number of amides is 3. The maximum Gasteiger partial charge on any atom is 0.247 e. The van der Waals surface area contributed by atoms with Crippen molar-refractivity contribution >= 4 is 29.3 Å². The molecule has 3 amide bonds. The van der Waals surface area contributed by atoms with E-state index in [2.05, 4.69) is 0 Å². The summed E-state index contributed by atoms with van der Waals surface area (Å²) in [5.41, 5.74) is 4.18. The van der Waals surface area contributed by atoms with Crippen molar-refractivity contribution in [3.8, 4) is 0 Å². The highest BCUT2D eigenvalue weighted by Crippen LogP contribution is 2.17. The van der Waals surface area contributed by atoms with Gasteiger partial charge in [-0.25, -0.2) is 0 Å². The second-order valence-electron chi connectivity index (χ2n) is 6.31. The molecule has 0 spiro atoms. The van der Waals surface area contributed by atoms with Gasteiger partial charge < -0.3 is 20.6 Å². The maximum absolute atomic E-state index is 12.6. The molecule has 0 bridgehead atoms. The van der Waals surface area contributed by atoms with Gasteiger partial charge in [-0.1, -0.05) is 6.92 Å². The number of halogens is 1. The lowest BCUT2D eigenvalue weighted by Crippen LogP contribution is -2.56. The summed E-state index contributed by atoms with van der Waals surface area (Å²) in [5.74, 6) is -1.50. The number of nitrogens with two attached hydrogens (primary N) is 1. The van der Waals surface area contributed by atoms with Crippen LogP contribution in [-0.2, 0) is 14.4 Å². The van der Waals surface area contributed by atoms with Crippen molar-refractivity contribution < 1.29 is 19.5 Å². The highest BCUT2D eigenvalue weighted by molar-refractivity contribution is 6.20. The van der Waals surface area contributed by atoms with Gasteiger partial charge in [0.15, 0.2) is 0 Å². The second kappa shape index (κ2) is 9.08. The number of nitrogens with zero attached hydrogens (tertiary/aromatic N) is 2. The maximum atomic E-state index is 12.6. The number of carbonyl (C=O) groups excluding carboxylic acids is 3. The summed E-state index contributed by atoms with van der Waals surface area (Å²) in [6, 6.07) is -1.87. The third kappa shape index (κ3) is 6.74. The quantitative estimate of drug-likeness (QED) is 0.585. The van der Waals surface area contributed by atoms with Crippen LogP contribution in [0.25, 0.3) is 0 Å². The summed E-state index contributed by atoms with van der Waals surface area (Å²) in [5, 5.41) is 9.89. The van der Waals surface area contributed by atoms with E-state index < -0.39 is 29.5 Å². The van der Waals surface area contributed by atoms with Crippen molar-refractivity contribution in [2.24, 2.45) is 5.73 Å². The highest BCUT2D eigenvalue weighted by Gasteiger charge is 2.35. The average molecular weight is 350 g/mol. The Balaban J connectivity index is 5.26. The van der Waals surface area contributed by atoms with Gasteiger partial charge in [0.25, 0.3) is 0 Å². The number of hydrogen-bond acceptors (Lipinski definition) is 4. The van der Waals surface area contributed by atoms with E-state index in [4.69, 9.17) is 17.3 Å². The zero-order valence-electron chi connectivity index (χ0n) is 14.5. The molecule has 0 radical (unpaired) electrons. The lowest BCUT2D eigenvalue weighted by Gasteiger charge is -2.34. The van der Waals surface area contributed by atoms with Crippen LogP contribution in [0.2, 0.25) is 0 Å². The number of rotatable bonds is 9. The fraction of sp³-hybridized carbons (Fsp3) is 0.800. The molecule has 0 saturated heterocycles. The van der Waals surface area contributed by atoms with Crippen molar-refractivity contribution in [2.75, 3.05) is 20.0 Å². The third-order valence-corrected chi connectivity index (χ3v) is 3.88. The van der Waals surface area contributed by atoms with Crippen LogP contribution < -0.4 is 5.73 Å². The van der Waals surface area contributed by atoms with Crippen molar-refractivity contribution in [3.05, 3.63) is 0 Å². The molecule has 0 heterocycles. The van der Waals surface area contributed by atoms with E-state index >= 15 is 0 Å². The number of likely N-dealkylation sites (N-methyl/N-ethyl adjacent to an activating group) is 2. The monoisotopic (exact) mass is 349 g/mol. The summed E-state index contributed by atoms with van der Waals surface area (Å²) in [6.45, 7) is 4.91. The molecule has 0 saturated carbocycles.